The van der Waals surface area contributed by atoms with Gasteiger partial charge in [0.05, 0.1) is 28.5 Å². The van der Waals surface area contributed by atoms with Crippen molar-refractivity contribution in [3.63, 3.8) is 0 Å². The van der Waals surface area contributed by atoms with Gasteiger partial charge in [-0.3, -0.25) is 4.90 Å². The lowest BCUT2D eigenvalue weighted by Crippen LogP contribution is -2.44. The first-order valence-corrected chi connectivity index (χ1v) is 15.3. The summed E-state index contributed by atoms with van der Waals surface area (Å²) >= 11 is 0. The lowest BCUT2D eigenvalue weighted by Gasteiger charge is -2.29. The van der Waals surface area contributed by atoms with Gasteiger partial charge in [0.2, 0.25) is 10.0 Å². The number of sulfone groups is 1. The molecule has 0 aromatic heterocycles. The van der Waals surface area contributed by atoms with Crippen LogP contribution in [-0.4, -0.2) is 52.9 Å². The van der Waals surface area contributed by atoms with Crippen LogP contribution in [0.2, 0.25) is 0 Å². The first-order chi connectivity index (χ1) is 17.2. The maximum Gasteiger partial charge on any atom is 0.416 e. The Labute approximate surface area is 216 Å². The van der Waals surface area contributed by atoms with Crippen LogP contribution >= 0.6 is 0 Å². The SMILES string of the molecule is CCS(=O)(=O)c1ccc(C)cc1CNCc1ccc(CN2CC=C[C@H](NS(C)(=O)=O)C2)c(C(F)(F)F)c1. The number of halogens is 3. The highest BCUT2D eigenvalue weighted by Gasteiger charge is 2.34. The van der Waals surface area contributed by atoms with E-state index in [1.807, 2.05) is 6.92 Å². The molecule has 0 spiro atoms. The molecule has 0 fully saturated rings. The standard InChI is InChI=1S/C25H32F3N3O4S2/c1-4-37(34,35)24-10-7-18(2)12-21(24)15-29-14-19-8-9-20(23(13-19)25(26,27)28)16-31-11-5-6-22(17-31)30-36(3,32)33/h5-10,12-13,22,29-30H,4,11,14-17H2,1-3H3/t22-/m0/s1. The van der Waals surface area contributed by atoms with E-state index in [0.717, 1.165) is 17.9 Å². The number of hydrogen-bond acceptors (Lipinski definition) is 6. The minimum absolute atomic E-state index is 0.0103. The highest BCUT2D eigenvalue weighted by Crippen LogP contribution is 2.33. The number of nitrogens with one attached hydrogen (secondary N) is 2. The van der Waals surface area contributed by atoms with E-state index in [0.29, 0.717) is 17.7 Å². The average molecular weight is 560 g/mol. The third-order valence-corrected chi connectivity index (χ3v) is 8.56. The van der Waals surface area contributed by atoms with E-state index >= 15 is 0 Å². The lowest BCUT2D eigenvalue weighted by atomic mass is 10.0. The smallest absolute Gasteiger partial charge is 0.309 e. The fraction of sp³-hybridized carbons (Fsp3) is 0.440. The monoisotopic (exact) mass is 559 g/mol. The molecule has 2 aromatic rings. The van der Waals surface area contributed by atoms with E-state index < -0.39 is 37.6 Å². The van der Waals surface area contributed by atoms with Gasteiger partial charge >= 0.3 is 6.18 Å². The van der Waals surface area contributed by atoms with Crippen LogP contribution in [0.1, 0.15) is 34.7 Å². The van der Waals surface area contributed by atoms with Crippen molar-refractivity contribution in [3.05, 3.63) is 76.4 Å². The van der Waals surface area contributed by atoms with Gasteiger partial charge in [0.25, 0.3) is 0 Å². The molecule has 3 rings (SSSR count). The summed E-state index contributed by atoms with van der Waals surface area (Å²) in [4.78, 5) is 1.97. The fourth-order valence-corrected chi connectivity index (χ4v) is 6.11. The second-order valence-corrected chi connectivity index (χ2v) is 13.3. The summed E-state index contributed by atoms with van der Waals surface area (Å²) in [5, 5.41) is 3.07. The summed E-state index contributed by atoms with van der Waals surface area (Å²) in [5.74, 6) is -0.0443. The van der Waals surface area contributed by atoms with Crippen molar-refractivity contribution in [2.24, 2.45) is 0 Å². The first-order valence-electron chi connectivity index (χ1n) is 11.8. The molecule has 0 bridgehead atoms. The van der Waals surface area contributed by atoms with Crippen molar-refractivity contribution in [1.82, 2.24) is 14.9 Å². The van der Waals surface area contributed by atoms with Gasteiger partial charge in [-0.25, -0.2) is 21.6 Å². The van der Waals surface area contributed by atoms with Gasteiger partial charge in [-0.05, 0) is 35.7 Å². The van der Waals surface area contributed by atoms with E-state index in [1.165, 1.54) is 6.07 Å². The van der Waals surface area contributed by atoms with Crippen molar-refractivity contribution in [2.45, 2.75) is 50.6 Å². The van der Waals surface area contributed by atoms with Crippen LogP contribution in [0.4, 0.5) is 13.2 Å². The number of alkyl halides is 3. The summed E-state index contributed by atoms with van der Waals surface area (Å²) < 4.78 is 92.1. The van der Waals surface area contributed by atoms with Crippen molar-refractivity contribution < 1.29 is 30.0 Å². The molecule has 2 N–H and O–H groups in total. The molecule has 12 heteroatoms. The molecular weight excluding hydrogens is 527 g/mol. The molecule has 2 aromatic carbocycles. The number of nitrogens with zero attached hydrogens (tertiary/aromatic N) is 1. The molecule has 0 aliphatic carbocycles. The van der Waals surface area contributed by atoms with Crippen molar-refractivity contribution in [2.75, 3.05) is 25.1 Å². The van der Waals surface area contributed by atoms with E-state index in [4.69, 9.17) is 0 Å². The Bertz CT molecular complexity index is 1360. The van der Waals surface area contributed by atoms with Gasteiger partial charge in [0, 0.05) is 32.7 Å². The topological polar surface area (TPSA) is 95.6 Å². The number of hydrogen-bond donors (Lipinski definition) is 2. The molecule has 1 heterocycles. The second-order valence-electron chi connectivity index (χ2n) is 9.23. The number of rotatable bonds is 10. The third kappa shape index (κ3) is 8.37. The van der Waals surface area contributed by atoms with Crippen molar-refractivity contribution in [1.29, 1.82) is 0 Å². The van der Waals surface area contributed by atoms with Crippen LogP contribution in [0.15, 0.2) is 53.4 Å². The maximum atomic E-state index is 13.9. The lowest BCUT2D eigenvalue weighted by molar-refractivity contribution is -0.138. The average Bonchev–Trinajstić information content (AvgIpc) is 2.78. The summed E-state index contributed by atoms with van der Waals surface area (Å²) in [7, 11) is -6.89. The zero-order chi connectivity index (χ0) is 27.4. The normalized spacial score (nSPS) is 17.3. The number of benzene rings is 2. The zero-order valence-corrected chi connectivity index (χ0v) is 22.6. The van der Waals surface area contributed by atoms with Crippen LogP contribution in [0.5, 0.6) is 0 Å². The van der Waals surface area contributed by atoms with Crippen LogP contribution in [0.25, 0.3) is 0 Å². The molecule has 0 saturated carbocycles. The minimum atomic E-state index is -4.57. The molecule has 1 aliphatic rings. The molecule has 0 saturated heterocycles. The Balaban J connectivity index is 1.74. The van der Waals surface area contributed by atoms with Crippen molar-refractivity contribution >= 4 is 19.9 Å². The molecule has 0 amide bonds. The molecule has 7 nitrogen and oxygen atoms in total. The molecule has 0 radical (unpaired) electrons. The number of aryl methyl sites for hydroxylation is 1. The van der Waals surface area contributed by atoms with E-state index in [9.17, 15) is 30.0 Å². The largest absolute Gasteiger partial charge is 0.416 e. The summed E-state index contributed by atoms with van der Waals surface area (Å²) in [5.41, 5.74) is 1.22. The van der Waals surface area contributed by atoms with E-state index in [2.05, 4.69) is 10.0 Å². The molecule has 1 atom stereocenters. The summed E-state index contributed by atoms with van der Waals surface area (Å²) in [6, 6.07) is 8.70. The third-order valence-electron chi connectivity index (χ3n) is 6.00. The van der Waals surface area contributed by atoms with Gasteiger partial charge in [-0.1, -0.05) is 48.9 Å². The van der Waals surface area contributed by atoms with Gasteiger partial charge in [-0.2, -0.15) is 13.2 Å². The summed E-state index contributed by atoms with van der Waals surface area (Å²) in [6.07, 6.45) is -0.102. The highest BCUT2D eigenvalue weighted by atomic mass is 32.2. The van der Waals surface area contributed by atoms with Gasteiger partial charge in [0.15, 0.2) is 9.84 Å². The Morgan fingerprint density at radius 2 is 1.76 bits per heavy atom. The zero-order valence-electron chi connectivity index (χ0n) is 21.0. The van der Waals surface area contributed by atoms with Gasteiger partial charge in [-0.15, -0.1) is 0 Å². The van der Waals surface area contributed by atoms with Crippen molar-refractivity contribution in [3.8, 4) is 0 Å². The minimum Gasteiger partial charge on any atom is -0.309 e. The Hall–Kier alpha value is -2.25. The Morgan fingerprint density at radius 3 is 2.41 bits per heavy atom. The predicted molar refractivity (Wildman–Crippen MR) is 137 cm³/mol. The van der Waals surface area contributed by atoms with Crippen LogP contribution in [0, 0.1) is 6.92 Å². The highest BCUT2D eigenvalue weighted by molar-refractivity contribution is 7.91. The van der Waals surface area contributed by atoms with Gasteiger partial charge < -0.3 is 5.32 Å². The van der Waals surface area contributed by atoms with E-state index in [1.54, 1.807) is 48.2 Å². The quantitative estimate of drug-likeness (QED) is 0.434. The Kier molecular flexibility index (Phi) is 9.23. The molecule has 37 heavy (non-hydrogen) atoms. The molecule has 0 unspecified atom stereocenters. The van der Waals surface area contributed by atoms with Crippen LogP contribution in [0.3, 0.4) is 0 Å². The molecular formula is C25H32F3N3O4S2. The number of sulfonamides is 1. The predicted octanol–water partition coefficient (Wildman–Crippen LogP) is 3.39. The molecule has 204 valence electrons. The van der Waals surface area contributed by atoms with Crippen LogP contribution < -0.4 is 10.0 Å². The van der Waals surface area contributed by atoms with Gasteiger partial charge in [0.1, 0.15) is 0 Å². The Morgan fingerprint density at radius 1 is 1.03 bits per heavy atom. The fourth-order valence-electron chi connectivity index (χ4n) is 4.29. The maximum absolute atomic E-state index is 13.9. The first kappa shape index (κ1) is 29.3. The van der Waals surface area contributed by atoms with E-state index in [-0.39, 0.29) is 42.4 Å². The summed E-state index contributed by atoms with van der Waals surface area (Å²) in [6.45, 7) is 4.39. The molecule has 1 aliphatic heterocycles. The second kappa shape index (κ2) is 11.6. The van der Waals surface area contributed by atoms with Crippen LogP contribution in [-0.2, 0) is 45.7 Å².